The molecule has 0 radical (unpaired) electrons. The first-order chi connectivity index (χ1) is 11.8. The van der Waals surface area contributed by atoms with Gasteiger partial charge in [0.2, 0.25) is 12.1 Å². The van der Waals surface area contributed by atoms with Crippen LogP contribution < -0.4 is 5.43 Å². The standard InChI is InChI=1S/C12H10ClN7O5/c1-18(23)12-14-6-19(17-12)5-10(21)16-15-4-7-2-8(13)3-9(11(7)22)20(24)25/h2-4,6H,5H2,1H3,(H-,15,16,17,21,22,23)/p+1. The molecule has 2 aromatic rings. The summed E-state index contributed by atoms with van der Waals surface area (Å²) in [5, 5.41) is 27.9. The number of halogens is 1. The van der Waals surface area contributed by atoms with Crippen molar-refractivity contribution in [2.45, 2.75) is 6.54 Å². The van der Waals surface area contributed by atoms with Crippen molar-refractivity contribution in [2.24, 2.45) is 5.10 Å². The molecule has 0 atom stereocenters. The van der Waals surface area contributed by atoms with Crippen molar-refractivity contribution in [1.29, 1.82) is 0 Å². The van der Waals surface area contributed by atoms with Crippen LogP contribution in [0.2, 0.25) is 5.02 Å². The Bertz CT molecular complexity index is 879. The van der Waals surface area contributed by atoms with Gasteiger partial charge in [-0.05, 0) is 10.8 Å². The molecule has 130 valence electrons. The summed E-state index contributed by atoms with van der Waals surface area (Å²) in [6, 6.07) is 2.23. The molecule has 1 amide bonds. The molecule has 0 bridgehead atoms. The molecule has 0 aliphatic carbocycles. The summed E-state index contributed by atoms with van der Waals surface area (Å²) < 4.78 is 1.55. The van der Waals surface area contributed by atoms with Crippen LogP contribution in [0.4, 0.5) is 11.6 Å². The summed E-state index contributed by atoms with van der Waals surface area (Å²) in [5.74, 6) is -1.34. The average Bonchev–Trinajstić information content (AvgIpc) is 2.98. The summed E-state index contributed by atoms with van der Waals surface area (Å²) in [6.07, 6.45) is 2.20. The lowest BCUT2D eigenvalue weighted by Crippen LogP contribution is -2.23. The summed E-state index contributed by atoms with van der Waals surface area (Å²) in [6.45, 7) is -0.264. The number of hydrogen-bond acceptors (Lipinski definition) is 8. The van der Waals surface area contributed by atoms with E-state index >= 15 is 0 Å². The molecule has 1 aromatic heterocycles. The number of phenols is 1. The lowest BCUT2D eigenvalue weighted by Gasteiger charge is -2.01. The van der Waals surface area contributed by atoms with E-state index in [1.807, 2.05) is 0 Å². The number of carbonyl (C=O) groups excluding carboxylic acids is 1. The van der Waals surface area contributed by atoms with Gasteiger partial charge < -0.3 is 5.11 Å². The molecule has 0 spiro atoms. The number of nitrogens with one attached hydrogen (secondary N) is 1. The number of nitroso groups, excluding NO2 is 1. The van der Waals surface area contributed by atoms with E-state index in [1.54, 1.807) is 0 Å². The van der Waals surface area contributed by atoms with Crippen LogP contribution in [-0.4, -0.2) is 48.7 Å². The molecule has 0 aliphatic heterocycles. The second kappa shape index (κ2) is 7.44. The molecule has 0 unspecified atom stereocenters. The van der Waals surface area contributed by atoms with Gasteiger partial charge in [-0.15, -0.1) is 0 Å². The first-order valence-electron chi connectivity index (χ1n) is 6.57. The highest BCUT2D eigenvalue weighted by atomic mass is 35.5. The van der Waals surface area contributed by atoms with Gasteiger partial charge >= 0.3 is 11.6 Å². The van der Waals surface area contributed by atoms with Gasteiger partial charge in [-0.2, -0.15) is 9.78 Å². The molecular formula is C12H11ClN7O5+. The molecule has 0 saturated carbocycles. The Kier molecular flexibility index (Phi) is 5.34. The number of aromatic hydroxyl groups is 1. The predicted molar refractivity (Wildman–Crippen MR) is 84.7 cm³/mol. The van der Waals surface area contributed by atoms with Crippen LogP contribution in [0.1, 0.15) is 5.56 Å². The number of amides is 1. The second-order valence-corrected chi connectivity index (χ2v) is 5.09. The van der Waals surface area contributed by atoms with Gasteiger partial charge in [0.15, 0.2) is 0 Å². The Morgan fingerprint density at radius 1 is 1.52 bits per heavy atom. The molecule has 25 heavy (non-hydrogen) atoms. The fourth-order valence-electron chi connectivity index (χ4n) is 1.70. The first-order valence-corrected chi connectivity index (χ1v) is 6.95. The fraction of sp³-hybridized carbons (Fsp3) is 0.167. The SMILES string of the molecule is C[N+](=O)c1ncn(CC(=O)N/N=C/c2cc(Cl)cc([N+](=O)[O-])c2O)n1. The Morgan fingerprint density at radius 2 is 2.24 bits per heavy atom. The van der Waals surface area contributed by atoms with Crippen LogP contribution in [0.5, 0.6) is 5.75 Å². The maximum Gasteiger partial charge on any atom is 0.490 e. The van der Waals surface area contributed by atoms with Crippen LogP contribution in [0.25, 0.3) is 0 Å². The number of hydrazone groups is 1. The van der Waals surface area contributed by atoms with Gasteiger partial charge in [-0.25, -0.2) is 5.43 Å². The number of nitro groups is 1. The zero-order valence-electron chi connectivity index (χ0n) is 12.7. The Hall–Kier alpha value is -3.41. The largest absolute Gasteiger partial charge is 0.502 e. The minimum Gasteiger partial charge on any atom is -0.502 e. The van der Waals surface area contributed by atoms with E-state index in [4.69, 9.17) is 11.6 Å². The van der Waals surface area contributed by atoms with Gasteiger partial charge in [-0.1, -0.05) is 21.5 Å². The minimum absolute atomic E-state index is 0.0224. The topological polar surface area (TPSA) is 156 Å². The van der Waals surface area contributed by atoms with Crippen LogP contribution in [0.15, 0.2) is 23.6 Å². The summed E-state index contributed by atoms with van der Waals surface area (Å²) in [7, 11) is 1.21. The lowest BCUT2D eigenvalue weighted by atomic mass is 10.2. The monoisotopic (exact) mass is 368 g/mol. The van der Waals surface area contributed by atoms with E-state index in [1.165, 1.54) is 19.4 Å². The number of hydrogen-bond donors (Lipinski definition) is 2. The van der Waals surface area contributed by atoms with Crippen LogP contribution in [0, 0.1) is 15.0 Å². The lowest BCUT2D eigenvalue weighted by molar-refractivity contribution is -0.437. The molecule has 1 heterocycles. The number of carbonyl (C=O) groups is 1. The normalized spacial score (nSPS) is 10.8. The van der Waals surface area contributed by atoms with E-state index in [9.17, 15) is 24.9 Å². The van der Waals surface area contributed by atoms with E-state index < -0.39 is 22.3 Å². The van der Waals surface area contributed by atoms with Crippen molar-refractivity contribution in [3.05, 3.63) is 44.1 Å². The maximum absolute atomic E-state index is 11.7. The quantitative estimate of drug-likeness (QED) is 0.329. The van der Waals surface area contributed by atoms with Crippen molar-refractivity contribution in [1.82, 2.24) is 20.2 Å². The summed E-state index contributed by atoms with van der Waals surface area (Å²) in [5.41, 5.74) is 1.51. The molecule has 13 heteroatoms. The van der Waals surface area contributed by atoms with Crippen LogP contribution in [0.3, 0.4) is 0 Å². The third-order valence-electron chi connectivity index (χ3n) is 2.79. The van der Waals surface area contributed by atoms with Crippen LogP contribution >= 0.6 is 11.6 Å². The van der Waals surface area contributed by atoms with Gasteiger partial charge in [0.05, 0.1) is 11.1 Å². The third-order valence-corrected chi connectivity index (χ3v) is 3.00. The molecule has 2 N–H and O–H groups in total. The molecular weight excluding hydrogens is 358 g/mol. The molecule has 0 saturated heterocycles. The Morgan fingerprint density at radius 3 is 2.84 bits per heavy atom. The first kappa shape index (κ1) is 17.9. The number of nitro benzene ring substituents is 1. The van der Waals surface area contributed by atoms with Gasteiger partial charge in [0, 0.05) is 21.8 Å². The Balaban J connectivity index is 2.04. The minimum atomic E-state index is -0.799. The van der Waals surface area contributed by atoms with E-state index in [0.717, 1.165) is 17.0 Å². The van der Waals surface area contributed by atoms with Gasteiger partial charge in [0.25, 0.3) is 5.91 Å². The molecule has 2 rings (SSSR count). The highest BCUT2D eigenvalue weighted by molar-refractivity contribution is 6.31. The molecule has 0 aliphatic rings. The maximum atomic E-state index is 11.7. The van der Waals surface area contributed by atoms with E-state index in [-0.39, 0.29) is 23.1 Å². The van der Waals surface area contributed by atoms with Gasteiger partial charge in [-0.3, -0.25) is 14.9 Å². The molecule has 0 fully saturated rings. The zero-order chi connectivity index (χ0) is 18.6. The second-order valence-electron chi connectivity index (χ2n) is 4.65. The zero-order valence-corrected chi connectivity index (χ0v) is 13.4. The predicted octanol–water partition coefficient (Wildman–Crippen LogP) is 0.736. The van der Waals surface area contributed by atoms with Crippen molar-refractivity contribution in [3.8, 4) is 5.75 Å². The van der Waals surface area contributed by atoms with Crippen molar-refractivity contribution in [3.63, 3.8) is 0 Å². The number of nitrogens with zero attached hydrogens (tertiary/aromatic N) is 6. The highest BCUT2D eigenvalue weighted by Crippen LogP contribution is 2.32. The van der Waals surface area contributed by atoms with Crippen molar-refractivity contribution < 1.29 is 19.6 Å². The Labute approximate surface area is 144 Å². The van der Waals surface area contributed by atoms with Crippen LogP contribution in [-0.2, 0) is 11.3 Å². The smallest absolute Gasteiger partial charge is 0.490 e. The van der Waals surface area contributed by atoms with Crippen molar-refractivity contribution in [2.75, 3.05) is 7.05 Å². The average molecular weight is 369 g/mol. The summed E-state index contributed by atoms with van der Waals surface area (Å²) in [4.78, 5) is 36.4. The van der Waals surface area contributed by atoms with Gasteiger partial charge in [0.1, 0.15) is 13.6 Å². The highest BCUT2D eigenvalue weighted by Gasteiger charge is 2.18. The van der Waals surface area contributed by atoms with Crippen molar-refractivity contribution >= 4 is 35.4 Å². The van der Waals surface area contributed by atoms with E-state index in [0.29, 0.717) is 4.76 Å². The van der Waals surface area contributed by atoms with E-state index in [2.05, 4.69) is 20.6 Å². The number of rotatable bonds is 6. The fourth-order valence-corrected chi connectivity index (χ4v) is 1.93. The number of phenolic OH excluding ortho intramolecular Hbond substituents is 1. The molecule has 12 nitrogen and oxygen atoms in total. The number of benzene rings is 1. The molecule has 1 aromatic carbocycles. The summed E-state index contributed by atoms with van der Waals surface area (Å²) >= 11 is 5.73. The third kappa shape index (κ3) is 4.54. The number of aromatic nitrogens is 3.